The summed E-state index contributed by atoms with van der Waals surface area (Å²) >= 11 is 0. The van der Waals surface area contributed by atoms with Gasteiger partial charge in [0.15, 0.2) is 0 Å². The number of imidazole rings is 1. The van der Waals surface area contributed by atoms with Crippen molar-refractivity contribution >= 4 is 33.8 Å². The maximum Gasteiger partial charge on any atom is 0.274 e. The zero-order valence-corrected chi connectivity index (χ0v) is 15.5. The Hall–Kier alpha value is -3.19. The molecule has 0 saturated heterocycles. The van der Waals surface area contributed by atoms with Crippen molar-refractivity contribution in [2.24, 2.45) is 0 Å². The van der Waals surface area contributed by atoms with Crippen LogP contribution < -0.4 is 5.32 Å². The summed E-state index contributed by atoms with van der Waals surface area (Å²) in [5, 5.41) is 3.24. The van der Waals surface area contributed by atoms with Crippen LogP contribution in [-0.4, -0.2) is 33.7 Å². The van der Waals surface area contributed by atoms with Gasteiger partial charge in [-0.1, -0.05) is 18.2 Å². The first-order valence-corrected chi connectivity index (χ1v) is 9.29. The van der Waals surface area contributed by atoms with Crippen molar-refractivity contribution in [3.8, 4) is 0 Å². The van der Waals surface area contributed by atoms with Gasteiger partial charge in [-0.15, -0.1) is 0 Å². The van der Waals surface area contributed by atoms with Gasteiger partial charge in [0.2, 0.25) is 5.95 Å². The summed E-state index contributed by atoms with van der Waals surface area (Å²) in [5.74, 6) is -0.269. The number of hydrogen-bond acceptors (Lipinski definition) is 3. The Morgan fingerprint density at radius 2 is 2.11 bits per heavy atom. The van der Waals surface area contributed by atoms with E-state index in [0.29, 0.717) is 36.6 Å². The minimum atomic E-state index is -0.365. The molecule has 144 valence electrons. The molecule has 1 amide bonds. The third kappa shape index (κ3) is 3.48. The third-order valence-electron chi connectivity index (χ3n) is 4.61. The lowest BCUT2D eigenvalue weighted by molar-refractivity contribution is 0.102. The standard InChI is InChI=1S/C21H21FN4O2/c1-2-28-12-6-11-26-19-10-4-3-8-17(19)24-21(26)25-20(27)18-13-14-15(22)7-5-9-16(14)23-18/h3-5,7-10,13,23H,2,6,11-12H2,1H3,(H,24,25,27). The molecule has 0 bridgehead atoms. The van der Waals surface area contributed by atoms with E-state index in [0.717, 1.165) is 17.5 Å². The molecule has 0 aliphatic rings. The number of H-pyrrole nitrogens is 1. The molecule has 28 heavy (non-hydrogen) atoms. The molecule has 0 fully saturated rings. The van der Waals surface area contributed by atoms with Crippen LogP contribution in [0.5, 0.6) is 0 Å². The van der Waals surface area contributed by atoms with Gasteiger partial charge in [0, 0.05) is 30.7 Å². The molecule has 4 aromatic rings. The summed E-state index contributed by atoms with van der Waals surface area (Å²) in [6.07, 6.45) is 0.800. The number of hydrogen-bond donors (Lipinski definition) is 2. The van der Waals surface area contributed by atoms with Crippen LogP contribution in [0.2, 0.25) is 0 Å². The minimum Gasteiger partial charge on any atom is -0.382 e. The van der Waals surface area contributed by atoms with E-state index >= 15 is 0 Å². The van der Waals surface area contributed by atoms with E-state index in [2.05, 4.69) is 15.3 Å². The quantitative estimate of drug-likeness (QED) is 0.469. The number of anilines is 1. The van der Waals surface area contributed by atoms with Gasteiger partial charge in [-0.2, -0.15) is 0 Å². The molecule has 0 radical (unpaired) electrons. The van der Waals surface area contributed by atoms with Gasteiger partial charge in [-0.05, 0) is 43.7 Å². The second-order valence-corrected chi connectivity index (χ2v) is 6.46. The first-order chi connectivity index (χ1) is 13.7. The summed E-state index contributed by atoms with van der Waals surface area (Å²) in [6.45, 7) is 3.93. The molecule has 6 nitrogen and oxygen atoms in total. The zero-order valence-electron chi connectivity index (χ0n) is 15.5. The number of fused-ring (bicyclic) bond motifs is 2. The van der Waals surface area contributed by atoms with E-state index in [1.54, 1.807) is 12.1 Å². The number of nitrogens with zero attached hydrogens (tertiary/aromatic N) is 2. The Morgan fingerprint density at radius 1 is 1.25 bits per heavy atom. The molecule has 0 saturated carbocycles. The van der Waals surface area contributed by atoms with E-state index in [4.69, 9.17) is 4.74 Å². The second kappa shape index (κ2) is 7.82. The zero-order chi connectivity index (χ0) is 19.5. The second-order valence-electron chi connectivity index (χ2n) is 6.46. The molecule has 2 heterocycles. The number of ether oxygens (including phenoxy) is 1. The summed E-state index contributed by atoms with van der Waals surface area (Å²) in [6, 6.07) is 13.9. The molecule has 0 unspecified atom stereocenters. The lowest BCUT2D eigenvalue weighted by atomic mass is 10.2. The van der Waals surface area contributed by atoms with Crippen molar-refractivity contribution in [1.82, 2.24) is 14.5 Å². The number of aromatic amines is 1. The van der Waals surface area contributed by atoms with Crippen LogP contribution in [0.25, 0.3) is 21.9 Å². The molecule has 0 spiro atoms. The molecular formula is C21H21FN4O2. The molecule has 4 rings (SSSR count). The average Bonchev–Trinajstić information content (AvgIpc) is 3.28. The highest BCUT2D eigenvalue weighted by molar-refractivity contribution is 6.05. The maximum absolute atomic E-state index is 13.9. The monoisotopic (exact) mass is 380 g/mol. The Bertz CT molecular complexity index is 1130. The molecule has 2 N–H and O–H groups in total. The third-order valence-corrected chi connectivity index (χ3v) is 4.61. The lowest BCUT2D eigenvalue weighted by Crippen LogP contribution is -2.17. The fourth-order valence-electron chi connectivity index (χ4n) is 3.28. The number of aryl methyl sites for hydroxylation is 1. The number of carbonyl (C=O) groups excluding carboxylic acids is 1. The van der Waals surface area contributed by atoms with Crippen molar-refractivity contribution < 1.29 is 13.9 Å². The first kappa shape index (κ1) is 18.2. The normalized spacial score (nSPS) is 11.4. The molecular weight excluding hydrogens is 359 g/mol. The van der Waals surface area contributed by atoms with Crippen LogP contribution in [0.1, 0.15) is 23.8 Å². The summed E-state index contributed by atoms with van der Waals surface area (Å²) < 4.78 is 21.3. The lowest BCUT2D eigenvalue weighted by Gasteiger charge is -2.10. The number of amides is 1. The average molecular weight is 380 g/mol. The number of rotatable bonds is 7. The molecule has 2 aromatic carbocycles. The highest BCUT2D eigenvalue weighted by atomic mass is 19.1. The van der Waals surface area contributed by atoms with Gasteiger partial charge in [-0.3, -0.25) is 10.1 Å². The largest absolute Gasteiger partial charge is 0.382 e. The van der Waals surface area contributed by atoms with E-state index in [1.807, 2.05) is 35.8 Å². The molecule has 7 heteroatoms. The van der Waals surface area contributed by atoms with Crippen molar-refractivity contribution in [1.29, 1.82) is 0 Å². The van der Waals surface area contributed by atoms with Gasteiger partial charge in [0.1, 0.15) is 11.5 Å². The fourth-order valence-corrected chi connectivity index (χ4v) is 3.28. The van der Waals surface area contributed by atoms with Crippen LogP contribution >= 0.6 is 0 Å². The van der Waals surface area contributed by atoms with Gasteiger partial charge in [0.05, 0.1) is 11.0 Å². The summed E-state index contributed by atoms with van der Waals surface area (Å²) in [5.41, 5.74) is 2.61. The maximum atomic E-state index is 13.9. The SMILES string of the molecule is CCOCCCn1c(NC(=O)c2cc3c(F)cccc3[nH]2)nc2ccccc21. The minimum absolute atomic E-state index is 0.285. The highest BCUT2D eigenvalue weighted by Crippen LogP contribution is 2.22. The van der Waals surface area contributed by atoms with Crippen LogP contribution in [0.15, 0.2) is 48.5 Å². The fraction of sp³-hybridized carbons (Fsp3) is 0.238. The van der Waals surface area contributed by atoms with E-state index in [1.165, 1.54) is 12.1 Å². The van der Waals surface area contributed by atoms with Crippen LogP contribution in [0.3, 0.4) is 0 Å². The van der Waals surface area contributed by atoms with Gasteiger partial charge >= 0.3 is 0 Å². The van der Waals surface area contributed by atoms with E-state index in [9.17, 15) is 9.18 Å². The number of halogens is 1. The smallest absolute Gasteiger partial charge is 0.274 e. The molecule has 0 aliphatic carbocycles. The first-order valence-electron chi connectivity index (χ1n) is 9.29. The Labute approximate surface area is 161 Å². The Kier molecular flexibility index (Phi) is 5.08. The Balaban J connectivity index is 1.62. The molecule has 2 aromatic heterocycles. The number of carbonyl (C=O) groups is 1. The number of para-hydroxylation sites is 2. The van der Waals surface area contributed by atoms with Gasteiger partial charge in [-0.25, -0.2) is 9.37 Å². The van der Waals surface area contributed by atoms with E-state index in [-0.39, 0.29) is 17.4 Å². The highest BCUT2D eigenvalue weighted by Gasteiger charge is 2.16. The number of benzene rings is 2. The Morgan fingerprint density at radius 3 is 2.93 bits per heavy atom. The predicted octanol–water partition coefficient (Wildman–Crippen LogP) is 4.34. The topological polar surface area (TPSA) is 71.9 Å². The van der Waals surface area contributed by atoms with Crippen LogP contribution in [0, 0.1) is 5.82 Å². The van der Waals surface area contributed by atoms with Gasteiger partial charge < -0.3 is 14.3 Å². The number of aromatic nitrogens is 3. The predicted molar refractivity (Wildman–Crippen MR) is 107 cm³/mol. The van der Waals surface area contributed by atoms with Crippen molar-refractivity contribution in [3.05, 3.63) is 60.0 Å². The molecule has 0 atom stereocenters. The van der Waals surface area contributed by atoms with Crippen molar-refractivity contribution in [2.45, 2.75) is 19.9 Å². The van der Waals surface area contributed by atoms with Crippen molar-refractivity contribution in [2.75, 3.05) is 18.5 Å². The van der Waals surface area contributed by atoms with Crippen LogP contribution in [0.4, 0.5) is 10.3 Å². The van der Waals surface area contributed by atoms with Crippen molar-refractivity contribution in [3.63, 3.8) is 0 Å². The molecule has 0 aliphatic heterocycles. The van der Waals surface area contributed by atoms with Crippen LogP contribution in [-0.2, 0) is 11.3 Å². The number of nitrogens with one attached hydrogen (secondary N) is 2. The summed E-state index contributed by atoms with van der Waals surface area (Å²) in [4.78, 5) is 20.3. The van der Waals surface area contributed by atoms with Gasteiger partial charge in [0.25, 0.3) is 5.91 Å². The van der Waals surface area contributed by atoms with E-state index < -0.39 is 0 Å². The summed E-state index contributed by atoms with van der Waals surface area (Å²) in [7, 11) is 0.